The van der Waals surface area contributed by atoms with Gasteiger partial charge in [0.2, 0.25) is 5.88 Å². The Morgan fingerprint density at radius 1 is 1.05 bits per heavy atom. The predicted octanol–water partition coefficient (Wildman–Crippen LogP) is 7.63. The molecule has 1 aliphatic carbocycles. The van der Waals surface area contributed by atoms with Crippen molar-refractivity contribution < 1.29 is 13.9 Å². The van der Waals surface area contributed by atoms with Crippen LogP contribution in [0.3, 0.4) is 0 Å². The molecule has 1 amide bonds. The minimum absolute atomic E-state index is 0.0522. The summed E-state index contributed by atoms with van der Waals surface area (Å²) in [6.07, 6.45) is 2.20. The highest BCUT2D eigenvalue weighted by atomic mass is 35.5. The number of carbonyl (C=O) groups excluding carboxylic acids is 1. The third-order valence-corrected chi connectivity index (χ3v) is 6.71. The number of ether oxygens (including phenoxy) is 1. The minimum Gasteiger partial charge on any atom is -0.435 e. The van der Waals surface area contributed by atoms with E-state index < -0.39 is 5.82 Å². The van der Waals surface area contributed by atoms with Crippen molar-refractivity contribution in [2.75, 3.05) is 6.54 Å². The van der Waals surface area contributed by atoms with E-state index in [9.17, 15) is 9.18 Å². The van der Waals surface area contributed by atoms with E-state index in [4.69, 9.17) is 21.4 Å². The topological polar surface area (TPSA) is 47.4 Å². The highest BCUT2D eigenvalue weighted by Crippen LogP contribution is 2.37. The minimum atomic E-state index is -0.465. The fraction of sp³-hybridized carbons (Fsp3) is 0.267. The molecule has 0 saturated heterocycles. The van der Waals surface area contributed by atoms with Gasteiger partial charge in [0.25, 0.3) is 5.91 Å². The van der Waals surface area contributed by atoms with Crippen LogP contribution in [-0.2, 0) is 6.54 Å². The molecule has 0 spiro atoms. The van der Waals surface area contributed by atoms with E-state index in [2.05, 4.69) is 13.8 Å². The van der Waals surface area contributed by atoms with E-state index in [1.165, 1.54) is 6.07 Å². The molecule has 1 fully saturated rings. The normalized spacial score (nSPS) is 13.1. The first-order valence-corrected chi connectivity index (χ1v) is 12.9. The quantitative estimate of drug-likeness (QED) is 0.229. The van der Waals surface area contributed by atoms with Gasteiger partial charge >= 0.3 is 0 Å². The molecule has 7 heteroatoms. The van der Waals surface area contributed by atoms with Gasteiger partial charge in [-0.1, -0.05) is 55.8 Å². The van der Waals surface area contributed by atoms with Crippen LogP contribution in [0.25, 0.3) is 5.69 Å². The molecule has 0 radical (unpaired) electrons. The Kier molecular flexibility index (Phi) is 7.28. The molecule has 1 saturated carbocycles. The van der Waals surface area contributed by atoms with Crippen molar-refractivity contribution in [1.29, 1.82) is 0 Å². The summed E-state index contributed by atoms with van der Waals surface area (Å²) in [5.74, 6) is 0.490. The number of hydrogen-bond donors (Lipinski definition) is 0. The van der Waals surface area contributed by atoms with Crippen molar-refractivity contribution in [1.82, 2.24) is 14.7 Å². The first-order chi connectivity index (χ1) is 17.9. The van der Waals surface area contributed by atoms with Gasteiger partial charge in [-0.15, -0.1) is 0 Å². The average Bonchev–Trinajstić information content (AvgIpc) is 3.65. The zero-order valence-corrected chi connectivity index (χ0v) is 21.7. The molecule has 0 bridgehead atoms. The highest BCUT2D eigenvalue weighted by molar-refractivity contribution is 6.30. The van der Waals surface area contributed by atoms with Gasteiger partial charge in [0.05, 0.1) is 23.5 Å². The van der Waals surface area contributed by atoms with E-state index in [-0.39, 0.29) is 17.6 Å². The van der Waals surface area contributed by atoms with Gasteiger partial charge < -0.3 is 9.64 Å². The van der Waals surface area contributed by atoms with Crippen molar-refractivity contribution in [3.8, 4) is 17.3 Å². The maximum atomic E-state index is 14.7. The predicted molar refractivity (Wildman–Crippen MR) is 143 cm³/mol. The first-order valence-electron chi connectivity index (χ1n) is 12.5. The molecular weight excluding hydrogens is 489 g/mol. The summed E-state index contributed by atoms with van der Waals surface area (Å²) >= 11 is 6.06. The Bertz CT molecular complexity index is 1380. The number of hydrogen-bond acceptors (Lipinski definition) is 3. The smallest absolute Gasteiger partial charge is 0.254 e. The fourth-order valence-electron chi connectivity index (χ4n) is 4.34. The third-order valence-electron chi connectivity index (χ3n) is 6.46. The molecule has 3 aromatic carbocycles. The van der Waals surface area contributed by atoms with Crippen molar-refractivity contribution in [2.45, 2.75) is 39.2 Å². The standard InChI is InChI=1S/C30H29ClFN3O2/c1-20(2)28-25(19-34(18-21-12-13-21)29(36)22-14-16-23(31)17-15-22)30(37-27-11-7-6-10-26(27)32)35(33-28)24-8-4-3-5-9-24/h3-11,14-17,20-21H,12-13,18-19H2,1-2H3. The number of para-hydroxylation sites is 2. The summed E-state index contributed by atoms with van der Waals surface area (Å²) in [7, 11) is 0. The maximum Gasteiger partial charge on any atom is 0.254 e. The third kappa shape index (κ3) is 5.70. The lowest BCUT2D eigenvalue weighted by atomic mass is 10.0. The summed E-state index contributed by atoms with van der Waals surface area (Å²) in [5, 5.41) is 5.49. The second kappa shape index (κ2) is 10.8. The largest absolute Gasteiger partial charge is 0.435 e. The number of halogens is 2. The molecule has 5 nitrogen and oxygen atoms in total. The molecule has 0 atom stereocenters. The number of benzene rings is 3. The Labute approximate surface area is 221 Å². The van der Waals surface area contributed by atoms with E-state index in [0.717, 1.165) is 29.8 Å². The van der Waals surface area contributed by atoms with Crippen LogP contribution in [-0.4, -0.2) is 27.1 Å². The van der Waals surface area contributed by atoms with Crippen LogP contribution in [0.4, 0.5) is 4.39 Å². The van der Waals surface area contributed by atoms with Gasteiger partial charge in [0, 0.05) is 17.1 Å². The van der Waals surface area contributed by atoms with Gasteiger partial charge in [-0.25, -0.2) is 9.07 Å². The van der Waals surface area contributed by atoms with Crippen LogP contribution in [0.2, 0.25) is 5.02 Å². The Morgan fingerprint density at radius 3 is 2.38 bits per heavy atom. The van der Waals surface area contributed by atoms with Crippen LogP contribution in [0.5, 0.6) is 11.6 Å². The maximum absolute atomic E-state index is 14.7. The molecule has 0 aliphatic heterocycles. The number of amides is 1. The second-order valence-corrected chi connectivity index (χ2v) is 10.2. The molecule has 37 heavy (non-hydrogen) atoms. The van der Waals surface area contributed by atoms with Crippen LogP contribution in [0, 0.1) is 11.7 Å². The Balaban J connectivity index is 1.61. The molecule has 1 heterocycles. The van der Waals surface area contributed by atoms with Crippen molar-refractivity contribution in [3.63, 3.8) is 0 Å². The Hall–Kier alpha value is -3.64. The molecule has 1 aromatic heterocycles. The zero-order chi connectivity index (χ0) is 25.9. The molecule has 5 rings (SSSR count). The zero-order valence-electron chi connectivity index (χ0n) is 20.9. The van der Waals surface area contributed by atoms with Gasteiger partial charge in [-0.2, -0.15) is 5.10 Å². The molecule has 190 valence electrons. The molecule has 1 aliphatic rings. The van der Waals surface area contributed by atoms with Crippen molar-refractivity contribution in [2.24, 2.45) is 5.92 Å². The summed E-state index contributed by atoms with van der Waals surface area (Å²) in [6, 6.07) is 22.9. The van der Waals surface area contributed by atoms with E-state index >= 15 is 0 Å². The molecule has 4 aromatic rings. The monoisotopic (exact) mass is 517 g/mol. The summed E-state index contributed by atoms with van der Waals surface area (Å²) < 4.78 is 22.7. The SMILES string of the molecule is CC(C)c1nn(-c2ccccc2)c(Oc2ccccc2F)c1CN(CC1CC1)C(=O)c1ccc(Cl)cc1. The summed E-state index contributed by atoms with van der Waals surface area (Å²) in [6.45, 7) is 5.04. The lowest BCUT2D eigenvalue weighted by Crippen LogP contribution is -2.33. The Morgan fingerprint density at radius 2 is 1.73 bits per heavy atom. The van der Waals surface area contributed by atoms with Gasteiger partial charge in [0.15, 0.2) is 11.6 Å². The number of rotatable bonds is 9. The molecule has 0 unspecified atom stereocenters. The van der Waals surface area contributed by atoms with E-state index in [1.807, 2.05) is 35.2 Å². The second-order valence-electron chi connectivity index (χ2n) is 9.74. The van der Waals surface area contributed by atoms with Gasteiger partial charge in [-0.05, 0) is 73.2 Å². The van der Waals surface area contributed by atoms with Crippen LogP contribution >= 0.6 is 11.6 Å². The lowest BCUT2D eigenvalue weighted by molar-refractivity contribution is 0.0733. The summed E-state index contributed by atoms with van der Waals surface area (Å²) in [5.41, 5.74) is 2.94. The average molecular weight is 518 g/mol. The molecule has 0 N–H and O–H groups in total. The highest BCUT2D eigenvalue weighted by Gasteiger charge is 2.31. The number of nitrogens with zero attached hydrogens (tertiary/aromatic N) is 3. The molecular formula is C30H29ClFN3O2. The van der Waals surface area contributed by atoms with E-state index in [1.54, 1.807) is 47.1 Å². The van der Waals surface area contributed by atoms with Crippen LogP contribution < -0.4 is 4.74 Å². The van der Waals surface area contributed by atoms with Crippen molar-refractivity contribution >= 4 is 17.5 Å². The van der Waals surface area contributed by atoms with Crippen molar-refractivity contribution in [3.05, 3.63) is 107 Å². The van der Waals surface area contributed by atoms with Gasteiger partial charge in [-0.3, -0.25) is 4.79 Å². The fourth-order valence-corrected chi connectivity index (χ4v) is 4.47. The van der Waals surface area contributed by atoms with Crippen LogP contribution in [0.1, 0.15) is 54.2 Å². The number of aromatic nitrogens is 2. The first kappa shape index (κ1) is 25.0. The van der Waals surface area contributed by atoms with Crippen LogP contribution in [0.15, 0.2) is 78.9 Å². The summed E-state index contributed by atoms with van der Waals surface area (Å²) in [4.78, 5) is 15.5. The van der Waals surface area contributed by atoms with E-state index in [0.29, 0.717) is 35.5 Å². The lowest BCUT2D eigenvalue weighted by Gasteiger charge is -2.24. The van der Waals surface area contributed by atoms with Gasteiger partial charge in [0.1, 0.15) is 0 Å². The number of carbonyl (C=O) groups is 1.